The van der Waals surface area contributed by atoms with Crippen molar-refractivity contribution in [2.24, 2.45) is 0 Å². The molecule has 1 aliphatic rings. The van der Waals surface area contributed by atoms with E-state index in [2.05, 4.69) is 0 Å². The van der Waals surface area contributed by atoms with Gasteiger partial charge in [0.1, 0.15) is 6.04 Å². The number of hydrogen-bond acceptors (Lipinski definition) is 4. The fourth-order valence-electron chi connectivity index (χ4n) is 1.98. The number of carbonyl (C=O) groups is 1. The van der Waals surface area contributed by atoms with E-state index in [-0.39, 0.29) is 5.75 Å². The van der Waals surface area contributed by atoms with E-state index < -0.39 is 22.0 Å². The van der Waals surface area contributed by atoms with E-state index >= 15 is 0 Å². The van der Waals surface area contributed by atoms with Crippen molar-refractivity contribution < 1.29 is 17.9 Å². The van der Waals surface area contributed by atoms with Gasteiger partial charge in [-0.25, -0.2) is 8.42 Å². The fourth-order valence-corrected chi connectivity index (χ4v) is 3.72. The minimum absolute atomic E-state index is 0.102. The van der Waals surface area contributed by atoms with Gasteiger partial charge in [-0.3, -0.25) is 4.79 Å². The molecule has 1 unspecified atom stereocenters. The van der Waals surface area contributed by atoms with Crippen LogP contribution in [0.1, 0.15) is 39.5 Å². The highest BCUT2D eigenvalue weighted by Crippen LogP contribution is 2.22. The van der Waals surface area contributed by atoms with E-state index in [1.165, 1.54) is 4.31 Å². The molecule has 1 aliphatic heterocycles. The fraction of sp³-hybridized carbons (Fsp3) is 0.909. The summed E-state index contributed by atoms with van der Waals surface area (Å²) in [7, 11) is -3.30. The van der Waals surface area contributed by atoms with Crippen LogP contribution in [0.3, 0.4) is 0 Å². The van der Waals surface area contributed by atoms with Gasteiger partial charge in [0, 0.05) is 6.54 Å². The highest BCUT2D eigenvalue weighted by atomic mass is 32.2. The maximum absolute atomic E-state index is 11.9. The molecule has 0 N–H and O–H groups in total. The number of sulfonamides is 1. The highest BCUT2D eigenvalue weighted by Gasteiger charge is 2.38. The number of hydrogen-bond donors (Lipinski definition) is 0. The Balaban J connectivity index is 2.69. The quantitative estimate of drug-likeness (QED) is 0.674. The van der Waals surface area contributed by atoms with Crippen LogP contribution >= 0.6 is 0 Å². The van der Waals surface area contributed by atoms with Crippen LogP contribution < -0.4 is 0 Å². The van der Waals surface area contributed by atoms with Crippen LogP contribution in [0.25, 0.3) is 0 Å². The number of carbonyl (C=O) groups excluding carboxylic acids is 1. The van der Waals surface area contributed by atoms with Crippen molar-refractivity contribution >= 4 is 16.0 Å². The first kappa shape index (κ1) is 14.4. The standard InChI is InChI=1S/C11H21NO4S/c1-3-8-16-11(13)10-6-5-7-12(10)17(14,15)9-4-2/h10H,3-9H2,1-2H3. The Bertz CT molecular complexity index is 352. The molecule has 0 spiro atoms. The van der Waals surface area contributed by atoms with Crippen LogP contribution in [0, 0.1) is 0 Å². The molecule has 0 aromatic heterocycles. The maximum atomic E-state index is 11.9. The monoisotopic (exact) mass is 263 g/mol. The van der Waals surface area contributed by atoms with Gasteiger partial charge in [0.2, 0.25) is 10.0 Å². The maximum Gasteiger partial charge on any atom is 0.324 e. The second-order valence-electron chi connectivity index (χ2n) is 4.25. The lowest BCUT2D eigenvalue weighted by Crippen LogP contribution is -2.42. The molecule has 100 valence electrons. The van der Waals surface area contributed by atoms with E-state index in [1.54, 1.807) is 0 Å². The van der Waals surface area contributed by atoms with Gasteiger partial charge < -0.3 is 4.74 Å². The molecule has 1 atom stereocenters. The lowest BCUT2D eigenvalue weighted by atomic mass is 10.2. The van der Waals surface area contributed by atoms with Gasteiger partial charge in [-0.15, -0.1) is 0 Å². The lowest BCUT2D eigenvalue weighted by Gasteiger charge is -2.22. The topological polar surface area (TPSA) is 63.7 Å². The zero-order chi connectivity index (χ0) is 12.9. The first-order valence-electron chi connectivity index (χ1n) is 6.19. The summed E-state index contributed by atoms with van der Waals surface area (Å²) >= 11 is 0. The molecule has 6 heteroatoms. The van der Waals surface area contributed by atoms with Crippen molar-refractivity contribution in [2.45, 2.75) is 45.6 Å². The predicted octanol–water partition coefficient (Wildman–Crippen LogP) is 1.14. The van der Waals surface area contributed by atoms with Crippen molar-refractivity contribution in [3.8, 4) is 0 Å². The summed E-state index contributed by atoms with van der Waals surface area (Å²) in [5, 5.41) is 0. The molecule has 0 aliphatic carbocycles. The summed E-state index contributed by atoms with van der Waals surface area (Å²) in [6, 6.07) is -0.599. The molecule has 5 nitrogen and oxygen atoms in total. The van der Waals surface area contributed by atoms with Crippen LogP contribution in [0.5, 0.6) is 0 Å². The molecule has 1 heterocycles. The smallest absolute Gasteiger partial charge is 0.324 e. The minimum atomic E-state index is -3.30. The Morgan fingerprint density at radius 3 is 2.65 bits per heavy atom. The minimum Gasteiger partial charge on any atom is -0.465 e. The van der Waals surface area contributed by atoms with Crippen LogP contribution in [0.2, 0.25) is 0 Å². The molecule has 0 radical (unpaired) electrons. The summed E-state index contributed by atoms with van der Waals surface area (Å²) in [6.07, 6.45) is 2.62. The van der Waals surface area contributed by atoms with Gasteiger partial charge in [-0.2, -0.15) is 4.31 Å². The third-order valence-electron chi connectivity index (χ3n) is 2.74. The largest absolute Gasteiger partial charge is 0.465 e. The number of esters is 1. The summed E-state index contributed by atoms with van der Waals surface area (Å²) in [4.78, 5) is 11.7. The summed E-state index contributed by atoms with van der Waals surface area (Å²) in [6.45, 7) is 4.52. The Morgan fingerprint density at radius 1 is 1.35 bits per heavy atom. The molecule has 1 fully saturated rings. The Kier molecular flexibility index (Phi) is 5.39. The molecule has 0 saturated carbocycles. The van der Waals surface area contributed by atoms with Crippen molar-refractivity contribution in [3.63, 3.8) is 0 Å². The average molecular weight is 263 g/mol. The molecule has 0 aromatic carbocycles. The van der Waals surface area contributed by atoms with Crippen molar-refractivity contribution in [1.29, 1.82) is 0 Å². The van der Waals surface area contributed by atoms with E-state index in [0.717, 1.165) is 12.8 Å². The Morgan fingerprint density at radius 2 is 2.06 bits per heavy atom. The van der Waals surface area contributed by atoms with E-state index in [0.29, 0.717) is 26.0 Å². The van der Waals surface area contributed by atoms with Crippen molar-refractivity contribution in [2.75, 3.05) is 18.9 Å². The van der Waals surface area contributed by atoms with Crippen molar-refractivity contribution in [1.82, 2.24) is 4.31 Å². The second-order valence-corrected chi connectivity index (χ2v) is 6.29. The van der Waals surface area contributed by atoms with E-state index in [9.17, 15) is 13.2 Å². The van der Waals surface area contributed by atoms with E-state index in [1.807, 2.05) is 13.8 Å². The van der Waals surface area contributed by atoms with Gasteiger partial charge in [0.05, 0.1) is 12.4 Å². The van der Waals surface area contributed by atoms with Crippen LogP contribution in [0.15, 0.2) is 0 Å². The van der Waals surface area contributed by atoms with E-state index in [4.69, 9.17) is 4.74 Å². The number of rotatable bonds is 6. The molecular weight excluding hydrogens is 242 g/mol. The first-order valence-corrected chi connectivity index (χ1v) is 7.80. The molecular formula is C11H21NO4S. The zero-order valence-corrected chi connectivity index (χ0v) is 11.3. The molecule has 17 heavy (non-hydrogen) atoms. The van der Waals surface area contributed by atoms with Gasteiger partial charge in [0.25, 0.3) is 0 Å². The zero-order valence-electron chi connectivity index (χ0n) is 10.5. The molecule has 0 amide bonds. The van der Waals surface area contributed by atoms with Crippen LogP contribution in [0.4, 0.5) is 0 Å². The average Bonchev–Trinajstić information content (AvgIpc) is 2.75. The van der Waals surface area contributed by atoms with Gasteiger partial charge >= 0.3 is 5.97 Å². The predicted molar refractivity (Wildman–Crippen MR) is 65.1 cm³/mol. The van der Waals surface area contributed by atoms with Crippen LogP contribution in [-0.2, 0) is 19.6 Å². The summed E-state index contributed by atoms with van der Waals surface area (Å²) < 4.78 is 30.2. The number of nitrogens with zero attached hydrogens (tertiary/aromatic N) is 1. The highest BCUT2D eigenvalue weighted by molar-refractivity contribution is 7.89. The van der Waals surface area contributed by atoms with Crippen molar-refractivity contribution in [3.05, 3.63) is 0 Å². The van der Waals surface area contributed by atoms with Gasteiger partial charge in [0.15, 0.2) is 0 Å². The molecule has 0 bridgehead atoms. The normalized spacial score (nSPS) is 21.6. The Hall–Kier alpha value is -0.620. The third-order valence-corrected chi connectivity index (χ3v) is 4.82. The summed E-state index contributed by atoms with van der Waals surface area (Å²) in [5.41, 5.74) is 0. The lowest BCUT2D eigenvalue weighted by molar-refractivity contribution is -0.147. The SMILES string of the molecule is CCCOC(=O)C1CCCN1S(=O)(=O)CCC. The van der Waals surface area contributed by atoms with Gasteiger partial charge in [-0.1, -0.05) is 13.8 Å². The first-order chi connectivity index (χ1) is 8.03. The Labute approximate surface area is 103 Å². The second kappa shape index (κ2) is 6.35. The summed E-state index contributed by atoms with van der Waals surface area (Å²) in [5.74, 6) is -0.297. The molecule has 1 rings (SSSR count). The van der Waals surface area contributed by atoms with Gasteiger partial charge in [-0.05, 0) is 25.7 Å². The third kappa shape index (κ3) is 3.67. The molecule has 1 saturated heterocycles. The van der Waals surface area contributed by atoms with Crippen LogP contribution in [-0.4, -0.2) is 43.6 Å². The molecule has 0 aromatic rings. The number of ether oxygens (including phenoxy) is 1.